The highest BCUT2D eigenvalue weighted by atomic mass is 32.1. The summed E-state index contributed by atoms with van der Waals surface area (Å²) < 4.78 is 0.478. The van der Waals surface area contributed by atoms with E-state index in [1.54, 1.807) is 30.5 Å². The van der Waals surface area contributed by atoms with Crippen molar-refractivity contribution in [3.8, 4) is 0 Å². The smallest absolute Gasteiger partial charge is 0.195 e. The second-order valence-corrected chi connectivity index (χ2v) is 3.52. The molecule has 0 atom stereocenters. The van der Waals surface area contributed by atoms with Gasteiger partial charge in [-0.15, -0.1) is 0 Å². The number of H-pyrrole nitrogens is 1. The first-order chi connectivity index (χ1) is 7.29. The van der Waals surface area contributed by atoms with Gasteiger partial charge in [0.2, 0.25) is 0 Å². The van der Waals surface area contributed by atoms with Gasteiger partial charge in [0.1, 0.15) is 4.64 Å². The van der Waals surface area contributed by atoms with Crippen LogP contribution in [0.4, 0.5) is 0 Å². The van der Waals surface area contributed by atoms with E-state index < -0.39 is 0 Å². The van der Waals surface area contributed by atoms with Gasteiger partial charge in [-0.2, -0.15) is 0 Å². The van der Waals surface area contributed by atoms with Gasteiger partial charge in [0.05, 0.1) is 5.56 Å². The number of benzene rings is 1. The molecule has 3 heteroatoms. The summed E-state index contributed by atoms with van der Waals surface area (Å²) in [7, 11) is 0. The van der Waals surface area contributed by atoms with E-state index in [0.717, 1.165) is 0 Å². The highest BCUT2D eigenvalue weighted by Gasteiger charge is 2.09. The summed E-state index contributed by atoms with van der Waals surface area (Å²) in [4.78, 5) is 14.8. The number of hydrogen-bond acceptors (Lipinski definition) is 2. The van der Waals surface area contributed by atoms with Gasteiger partial charge in [0, 0.05) is 11.8 Å². The summed E-state index contributed by atoms with van der Waals surface area (Å²) >= 11 is 5.05. The van der Waals surface area contributed by atoms with E-state index in [2.05, 4.69) is 4.98 Å². The first-order valence-corrected chi connectivity index (χ1v) is 4.97. The quantitative estimate of drug-likeness (QED) is 0.617. The van der Waals surface area contributed by atoms with Crippen LogP contribution in [0.15, 0.2) is 48.7 Å². The number of rotatable bonds is 2. The third kappa shape index (κ3) is 2.02. The Kier molecular flexibility index (Phi) is 2.74. The van der Waals surface area contributed by atoms with Gasteiger partial charge in [-0.05, 0) is 12.1 Å². The van der Waals surface area contributed by atoms with E-state index in [9.17, 15) is 4.79 Å². The molecular weight excluding hydrogens is 206 g/mol. The molecule has 2 aromatic rings. The maximum Gasteiger partial charge on any atom is 0.195 e. The summed E-state index contributed by atoms with van der Waals surface area (Å²) in [5, 5.41) is 0. The summed E-state index contributed by atoms with van der Waals surface area (Å²) in [5.41, 5.74) is 1.20. The number of hydrogen-bond donors (Lipinski definition) is 1. The number of pyridine rings is 1. The summed E-state index contributed by atoms with van der Waals surface area (Å²) in [6, 6.07) is 12.6. The van der Waals surface area contributed by atoms with Crippen molar-refractivity contribution in [1.29, 1.82) is 0 Å². The lowest BCUT2D eigenvalue weighted by molar-refractivity contribution is 0.103. The number of aromatic nitrogens is 1. The minimum absolute atomic E-state index is 0.0440. The Morgan fingerprint density at radius 3 is 2.47 bits per heavy atom. The van der Waals surface area contributed by atoms with Gasteiger partial charge < -0.3 is 4.98 Å². The first-order valence-electron chi connectivity index (χ1n) is 4.56. The van der Waals surface area contributed by atoms with Crippen molar-refractivity contribution in [2.75, 3.05) is 0 Å². The van der Waals surface area contributed by atoms with Crippen LogP contribution in [0.1, 0.15) is 15.9 Å². The molecule has 0 aliphatic carbocycles. The molecule has 1 heterocycles. The Hall–Kier alpha value is -1.74. The molecule has 0 amide bonds. The monoisotopic (exact) mass is 215 g/mol. The Labute approximate surface area is 92.6 Å². The Balaban J connectivity index is 2.47. The normalized spacial score (nSPS) is 9.87. The lowest BCUT2D eigenvalue weighted by Gasteiger charge is -2.00. The molecule has 0 unspecified atom stereocenters. The van der Waals surface area contributed by atoms with Gasteiger partial charge in [-0.3, -0.25) is 4.79 Å². The molecule has 0 aliphatic heterocycles. The first kappa shape index (κ1) is 9.80. The fraction of sp³-hybridized carbons (Fsp3) is 0. The average Bonchev–Trinajstić information content (AvgIpc) is 2.30. The zero-order valence-corrected chi connectivity index (χ0v) is 8.75. The fourth-order valence-corrected chi connectivity index (χ4v) is 1.57. The molecule has 15 heavy (non-hydrogen) atoms. The molecule has 0 bridgehead atoms. The zero-order chi connectivity index (χ0) is 10.7. The predicted molar refractivity (Wildman–Crippen MR) is 61.5 cm³/mol. The van der Waals surface area contributed by atoms with Crippen molar-refractivity contribution < 1.29 is 4.79 Å². The van der Waals surface area contributed by atoms with E-state index in [0.29, 0.717) is 15.8 Å². The molecule has 1 aromatic carbocycles. The maximum atomic E-state index is 12.0. The van der Waals surface area contributed by atoms with Crippen LogP contribution >= 0.6 is 12.2 Å². The van der Waals surface area contributed by atoms with E-state index in [1.807, 2.05) is 18.2 Å². The van der Waals surface area contributed by atoms with Crippen molar-refractivity contribution in [2.24, 2.45) is 0 Å². The predicted octanol–water partition coefficient (Wildman–Crippen LogP) is 2.98. The van der Waals surface area contributed by atoms with Crippen LogP contribution < -0.4 is 0 Å². The lowest BCUT2D eigenvalue weighted by Crippen LogP contribution is -2.02. The number of carbonyl (C=O) groups excluding carboxylic acids is 1. The highest BCUT2D eigenvalue weighted by Crippen LogP contribution is 2.09. The van der Waals surface area contributed by atoms with E-state index in [1.165, 1.54) is 0 Å². The molecule has 2 nitrogen and oxygen atoms in total. The van der Waals surface area contributed by atoms with Crippen molar-refractivity contribution >= 4 is 18.0 Å². The van der Waals surface area contributed by atoms with Crippen LogP contribution in [0.2, 0.25) is 0 Å². The van der Waals surface area contributed by atoms with Gasteiger partial charge in [-0.1, -0.05) is 42.5 Å². The number of ketones is 1. The largest absolute Gasteiger partial charge is 0.352 e. The maximum absolute atomic E-state index is 12.0. The van der Waals surface area contributed by atoms with E-state index in [4.69, 9.17) is 12.2 Å². The molecule has 0 radical (unpaired) electrons. The summed E-state index contributed by atoms with van der Waals surface area (Å²) in [5.74, 6) is -0.0440. The van der Waals surface area contributed by atoms with E-state index in [-0.39, 0.29) is 5.78 Å². The molecule has 0 aliphatic rings. The molecule has 1 aromatic heterocycles. The second-order valence-electron chi connectivity index (χ2n) is 3.11. The zero-order valence-electron chi connectivity index (χ0n) is 7.94. The molecule has 0 spiro atoms. The molecular formula is C12H9NOS. The van der Waals surface area contributed by atoms with Crippen LogP contribution in [0.3, 0.4) is 0 Å². The number of nitrogens with one attached hydrogen (secondary N) is 1. The van der Waals surface area contributed by atoms with Crippen LogP contribution in [0.5, 0.6) is 0 Å². The van der Waals surface area contributed by atoms with Crippen molar-refractivity contribution in [3.05, 3.63) is 64.4 Å². The minimum atomic E-state index is -0.0440. The molecule has 0 saturated carbocycles. The van der Waals surface area contributed by atoms with Gasteiger partial charge >= 0.3 is 0 Å². The van der Waals surface area contributed by atoms with Gasteiger partial charge in [0.25, 0.3) is 0 Å². The Morgan fingerprint density at radius 2 is 1.80 bits per heavy atom. The standard InChI is InChI=1S/C12H9NOS/c14-11(9-5-2-1-3-6-9)10-7-4-8-13-12(10)15/h1-8H,(H,13,15). The van der Waals surface area contributed by atoms with E-state index >= 15 is 0 Å². The molecule has 1 N–H and O–H groups in total. The summed E-state index contributed by atoms with van der Waals surface area (Å²) in [6.45, 7) is 0. The average molecular weight is 215 g/mol. The van der Waals surface area contributed by atoms with Crippen LogP contribution in [0, 0.1) is 4.64 Å². The fourth-order valence-electron chi connectivity index (χ4n) is 1.35. The van der Waals surface area contributed by atoms with Gasteiger partial charge in [-0.25, -0.2) is 0 Å². The number of carbonyl (C=O) groups is 1. The Bertz CT molecular complexity index is 531. The highest BCUT2D eigenvalue weighted by molar-refractivity contribution is 7.71. The molecule has 0 saturated heterocycles. The third-order valence-corrected chi connectivity index (χ3v) is 2.44. The van der Waals surface area contributed by atoms with Crippen LogP contribution in [-0.4, -0.2) is 10.8 Å². The lowest BCUT2D eigenvalue weighted by atomic mass is 10.1. The molecule has 2 rings (SSSR count). The molecule has 0 fully saturated rings. The van der Waals surface area contributed by atoms with Crippen molar-refractivity contribution in [2.45, 2.75) is 0 Å². The Morgan fingerprint density at radius 1 is 1.07 bits per heavy atom. The molecule has 74 valence electrons. The third-order valence-electron chi connectivity index (χ3n) is 2.10. The summed E-state index contributed by atoms with van der Waals surface area (Å²) in [6.07, 6.45) is 1.71. The second kappa shape index (κ2) is 4.19. The topological polar surface area (TPSA) is 32.9 Å². The van der Waals surface area contributed by atoms with Crippen LogP contribution in [-0.2, 0) is 0 Å². The van der Waals surface area contributed by atoms with Crippen molar-refractivity contribution in [1.82, 2.24) is 4.98 Å². The van der Waals surface area contributed by atoms with Gasteiger partial charge in [0.15, 0.2) is 5.78 Å². The van der Waals surface area contributed by atoms with Crippen molar-refractivity contribution in [3.63, 3.8) is 0 Å². The van der Waals surface area contributed by atoms with Crippen LogP contribution in [0.25, 0.3) is 0 Å². The SMILES string of the molecule is O=C(c1ccccc1)c1ccc[nH]c1=S. The number of aromatic amines is 1. The minimum Gasteiger partial charge on any atom is -0.352 e.